The average Bonchev–Trinajstić information content (AvgIpc) is 2.40. The van der Waals surface area contributed by atoms with E-state index in [1.807, 2.05) is 0 Å². The zero-order valence-corrected chi connectivity index (χ0v) is 11.7. The summed E-state index contributed by atoms with van der Waals surface area (Å²) in [6, 6.07) is 4.86. The van der Waals surface area contributed by atoms with E-state index in [2.05, 4.69) is 22.2 Å². The van der Waals surface area contributed by atoms with Gasteiger partial charge in [0.1, 0.15) is 5.82 Å². The maximum absolute atomic E-state index is 11.0. The summed E-state index contributed by atoms with van der Waals surface area (Å²) in [5.74, 6) is -0.228. The van der Waals surface area contributed by atoms with E-state index >= 15 is 0 Å². The van der Waals surface area contributed by atoms with Crippen molar-refractivity contribution in [3.05, 3.63) is 23.9 Å². The molecule has 2 unspecified atom stereocenters. The maximum Gasteiger partial charge on any atom is 0.335 e. The predicted molar refractivity (Wildman–Crippen MR) is 77.0 cm³/mol. The lowest BCUT2D eigenvalue weighted by atomic mass is 9.82. The summed E-state index contributed by atoms with van der Waals surface area (Å²) in [5.41, 5.74) is 0.288. The fourth-order valence-corrected chi connectivity index (χ4v) is 3.59. The van der Waals surface area contributed by atoms with Gasteiger partial charge in [0, 0.05) is 24.3 Å². The van der Waals surface area contributed by atoms with Crippen LogP contribution in [-0.2, 0) is 0 Å². The molecule has 0 radical (unpaired) electrons. The second-order valence-electron chi connectivity index (χ2n) is 5.95. The molecule has 20 heavy (non-hydrogen) atoms. The fraction of sp³-hybridized carbons (Fsp3) is 0.600. The van der Waals surface area contributed by atoms with Crippen LogP contribution >= 0.6 is 0 Å². The van der Waals surface area contributed by atoms with E-state index < -0.39 is 5.97 Å². The molecule has 5 nitrogen and oxygen atoms in total. The largest absolute Gasteiger partial charge is 0.478 e. The molecule has 2 bridgehead atoms. The number of carboxylic acids is 1. The summed E-state index contributed by atoms with van der Waals surface area (Å²) in [6.07, 6.45) is 7.67. The van der Waals surface area contributed by atoms with E-state index in [1.54, 1.807) is 12.3 Å². The molecule has 1 aromatic heterocycles. The number of hydrogen-bond acceptors (Lipinski definition) is 4. The molecule has 0 spiro atoms. The van der Waals surface area contributed by atoms with E-state index in [4.69, 9.17) is 5.11 Å². The highest BCUT2D eigenvalue weighted by atomic mass is 16.4. The number of aromatic nitrogens is 1. The summed E-state index contributed by atoms with van der Waals surface area (Å²) in [6.45, 7) is 0. The Morgan fingerprint density at radius 1 is 1.40 bits per heavy atom. The van der Waals surface area contributed by atoms with Gasteiger partial charge in [-0.05, 0) is 44.9 Å². The average molecular weight is 275 g/mol. The predicted octanol–water partition coefficient (Wildman–Crippen LogP) is 2.21. The van der Waals surface area contributed by atoms with Crippen molar-refractivity contribution >= 4 is 11.8 Å². The summed E-state index contributed by atoms with van der Waals surface area (Å²) in [5, 5.41) is 12.4. The standard InChI is InChI=1S/C15H21N3O2/c1-18-12-3-2-4-13(18)9-11(8-12)17-14-7-10(15(19)20)5-6-16-14/h5-7,11-13H,2-4,8-9H2,1H3,(H,16,17)(H,19,20). The second-order valence-corrected chi connectivity index (χ2v) is 5.95. The first-order chi connectivity index (χ1) is 9.63. The summed E-state index contributed by atoms with van der Waals surface area (Å²) >= 11 is 0. The van der Waals surface area contributed by atoms with Crippen LogP contribution in [-0.4, -0.2) is 46.1 Å². The Morgan fingerprint density at radius 3 is 2.75 bits per heavy atom. The van der Waals surface area contributed by atoms with Crippen LogP contribution in [0, 0.1) is 0 Å². The molecule has 2 atom stereocenters. The molecule has 0 saturated carbocycles. The molecule has 2 aliphatic heterocycles. The van der Waals surface area contributed by atoms with Gasteiger partial charge in [0.2, 0.25) is 0 Å². The lowest BCUT2D eigenvalue weighted by Gasteiger charge is -2.47. The van der Waals surface area contributed by atoms with Crippen LogP contribution < -0.4 is 5.32 Å². The van der Waals surface area contributed by atoms with Gasteiger partial charge in [0.15, 0.2) is 0 Å². The third-order valence-corrected chi connectivity index (χ3v) is 4.70. The number of nitrogens with zero attached hydrogens (tertiary/aromatic N) is 2. The van der Waals surface area contributed by atoms with E-state index in [-0.39, 0.29) is 5.56 Å². The molecule has 3 rings (SSSR count). The molecular weight excluding hydrogens is 254 g/mol. The number of nitrogens with one attached hydrogen (secondary N) is 1. The number of anilines is 1. The SMILES string of the molecule is CN1C2CCCC1CC(Nc1cc(C(=O)O)ccn1)C2. The van der Waals surface area contributed by atoms with E-state index in [0.717, 1.165) is 12.8 Å². The van der Waals surface area contributed by atoms with Gasteiger partial charge in [-0.1, -0.05) is 6.42 Å². The third kappa shape index (κ3) is 2.63. The lowest BCUT2D eigenvalue weighted by Crippen LogP contribution is -2.52. The molecule has 0 aliphatic carbocycles. The maximum atomic E-state index is 11.0. The minimum absolute atomic E-state index is 0.288. The van der Waals surface area contributed by atoms with E-state index in [9.17, 15) is 4.79 Å². The van der Waals surface area contributed by atoms with Gasteiger partial charge in [-0.15, -0.1) is 0 Å². The zero-order chi connectivity index (χ0) is 14.1. The number of piperidine rings is 2. The number of aromatic carboxylic acids is 1. The first-order valence-electron chi connectivity index (χ1n) is 7.31. The molecule has 2 fully saturated rings. The molecule has 2 aliphatic rings. The van der Waals surface area contributed by atoms with E-state index in [0.29, 0.717) is 23.9 Å². The number of fused-ring (bicyclic) bond motifs is 2. The van der Waals surface area contributed by atoms with Crippen LogP contribution in [0.15, 0.2) is 18.3 Å². The van der Waals surface area contributed by atoms with Crippen molar-refractivity contribution in [2.45, 2.75) is 50.2 Å². The Kier molecular flexibility index (Phi) is 3.61. The Labute approximate surface area is 119 Å². The normalized spacial score (nSPS) is 29.9. The highest BCUT2D eigenvalue weighted by Crippen LogP contribution is 2.33. The number of carbonyl (C=O) groups is 1. The van der Waals surface area contributed by atoms with Gasteiger partial charge in [0.05, 0.1) is 5.56 Å². The Balaban J connectivity index is 1.69. The Morgan fingerprint density at radius 2 is 2.10 bits per heavy atom. The van der Waals surface area contributed by atoms with Crippen LogP contribution in [0.5, 0.6) is 0 Å². The van der Waals surface area contributed by atoms with Crippen LogP contribution in [0.25, 0.3) is 0 Å². The van der Waals surface area contributed by atoms with Gasteiger partial charge in [-0.25, -0.2) is 9.78 Å². The highest BCUT2D eigenvalue weighted by Gasteiger charge is 2.35. The van der Waals surface area contributed by atoms with Crippen LogP contribution in [0.3, 0.4) is 0 Å². The molecule has 5 heteroatoms. The number of pyridine rings is 1. The molecule has 2 saturated heterocycles. The monoisotopic (exact) mass is 275 g/mol. The van der Waals surface area contributed by atoms with Gasteiger partial charge < -0.3 is 15.3 Å². The van der Waals surface area contributed by atoms with Crippen molar-refractivity contribution in [3.8, 4) is 0 Å². The molecule has 2 N–H and O–H groups in total. The molecule has 0 amide bonds. The van der Waals surface area contributed by atoms with Gasteiger partial charge >= 0.3 is 5.97 Å². The first-order valence-corrected chi connectivity index (χ1v) is 7.31. The molecule has 3 heterocycles. The minimum Gasteiger partial charge on any atom is -0.478 e. The van der Waals surface area contributed by atoms with Crippen LogP contribution in [0.4, 0.5) is 5.82 Å². The minimum atomic E-state index is -0.907. The van der Waals surface area contributed by atoms with Crippen molar-refractivity contribution in [2.24, 2.45) is 0 Å². The van der Waals surface area contributed by atoms with E-state index in [1.165, 1.54) is 25.3 Å². The summed E-state index contributed by atoms with van der Waals surface area (Å²) < 4.78 is 0. The van der Waals surface area contributed by atoms with Gasteiger partial charge in [0.25, 0.3) is 0 Å². The lowest BCUT2D eigenvalue weighted by molar-refractivity contribution is 0.0607. The highest BCUT2D eigenvalue weighted by molar-refractivity contribution is 5.88. The Hall–Kier alpha value is -1.62. The molecule has 0 aromatic carbocycles. The molecule has 108 valence electrons. The number of carboxylic acid groups (broad SMARTS) is 1. The van der Waals surface area contributed by atoms with Crippen molar-refractivity contribution in [1.29, 1.82) is 0 Å². The second kappa shape index (κ2) is 5.40. The zero-order valence-electron chi connectivity index (χ0n) is 11.7. The molecule has 1 aromatic rings. The smallest absolute Gasteiger partial charge is 0.335 e. The van der Waals surface area contributed by atoms with Gasteiger partial charge in [-0.3, -0.25) is 0 Å². The quantitative estimate of drug-likeness (QED) is 0.885. The van der Waals surface area contributed by atoms with Crippen LogP contribution in [0.1, 0.15) is 42.5 Å². The van der Waals surface area contributed by atoms with Crippen molar-refractivity contribution in [3.63, 3.8) is 0 Å². The Bertz CT molecular complexity index is 492. The molecular formula is C15H21N3O2. The van der Waals surface area contributed by atoms with Crippen molar-refractivity contribution in [2.75, 3.05) is 12.4 Å². The van der Waals surface area contributed by atoms with Crippen molar-refractivity contribution in [1.82, 2.24) is 9.88 Å². The first kappa shape index (κ1) is 13.4. The summed E-state index contributed by atoms with van der Waals surface area (Å²) in [4.78, 5) is 17.7. The number of rotatable bonds is 3. The fourth-order valence-electron chi connectivity index (χ4n) is 3.59. The van der Waals surface area contributed by atoms with Crippen molar-refractivity contribution < 1.29 is 9.90 Å². The topological polar surface area (TPSA) is 65.5 Å². The number of hydrogen-bond donors (Lipinski definition) is 2. The third-order valence-electron chi connectivity index (χ3n) is 4.70. The van der Waals surface area contributed by atoms with Crippen LogP contribution in [0.2, 0.25) is 0 Å². The summed E-state index contributed by atoms with van der Waals surface area (Å²) in [7, 11) is 2.23. The van der Waals surface area contributed by atoms with Gasteiger partial charge in [-0.2, -0.15) is 0 Å².